The van der Waals surface area contributed by atoms with Gasteiger partial charge in [0.2, 0.25) is 11.7 Å². The summed E-state index contributed by atoms with van der Waals surface area (Å²) >= 11 is 6.12. The number of piperidine rings is 1. The normalized spacial score (nSPS) is 15.9. The van der Waals surface area contributed by atoms with E-state index in [2.05, 4.69) is 15.4 Å². The van der Waals surface area contributed by atoms with E-state index in [4.69, 9.17) is 21.1 Å². The van der Waals surface area contributed by atoms with Crippen LogP contribution in [0.4, 0.5) is 23.7 Å². The minimum atomic E-state index is -4.59. The highest BCUT2D eigenvalue weighted by atomic mass is 35.5. The van der Waals surface area contributed by atoms with Gasteiger partial charge in [0, 0.05) is 35.3 Å². The lowest BCUT2D eigenvalue weighted by Gasteiger charge is -2.39. The lowest BCUT2D eigenvalue weighted by molar-refractivity contribution is -0.137. The molecule has 11 nitrogen and oxygen atoms in total. The molecule has 1 aliphatic heterocycles. The Bertz CT molecular complexity index is 1960. The van der Waals surface area contributed by atoms with Gasteiger partial charge in [-0.1, -0.05) is 11.6 Å². The predicted octanol–water partition coefficient (Wildman–Crippen LogP) is 6.09. The number of hydrogen-bond acceptors (Lipinski definition) is 7. The van der Waals surface area contributed by atoms with Crippen LogP contribution in [0.5, 0.6) is 5.75 Å². The van der Waals surface area contributed by atoms with E-state index in [0.717, 1.165) is 18.2 Å². The number of likely N-dealkylation sites (tertiary alicyclic amines) is 1. The van der Waals surface area contributed by atoms with Crippen molar-refractivity contribution in [3.63, 3.8) is 0 Å². The molecule has 4 aromatic rings. The molecule has 1 fully saturated rings. The van der Waals surface area contributed by atoms with Crippen LogP contribution >= 0.6 is 11.6 Å². The molecular weight excluding hydrogens is 653 g/mol. The van der Waals surface area contributed by atoms with Crippen LogP contribution in [0.25, 0.3) is 17.2 Å². The molecule has 1 N–H and O–H groups in total. The highest BCUT2D eigenvalue weighted by Gasteiger charge is 2.46. The molecule has 6 rings (SSSR count). The summed E-state index contributed by atoms with van der Waals surface area (Å²) in [6, 6.07) is 9.67. The predicted molar refractivity (Wildman–Crippen MR) is 171 cm³/mol. The molecule has 2 amide bonds. The fourth-order valence-corrected chi connectivity index (χ4v) is 6.70. The summed E-state index contributed by atoms with van der Waals surface area (Å²) in [6.45, 7) is 5.86. The monoisotopic (exact) mass is 686 g/mol. The number of anilines is 1. The summed E-state index contributed by atoms with van der Waals surface area (Å²) in [5, 5.41) is 6.89. The molecule has 0 bridgehead atoms. The van der Waals surface area contributed by atoms with Crippen LogP contribution in [-0.2, 0) is 34.1 Å². The number of amides is 2. The molecule has 0 atom stereocenters. The topological polar surface area (TPSA) is 120 Å². The van der Waals surface area contributed by atoms with Crippen molar-refractivity contribution in [2.45, 2.75) is 70.2 Å². The number of fused-ring (bicyclic) bond motifs is 3. The van der Waals surface area contributed by atoms with Crippen molar-refractivity contribution in [3.8, 4) is 17.1 Å². The Hall–Kier alpha value is -4.59. The number of carbonyl (C=O) groups excluding carboxylic acids is 2. The molecule has 1 saturated heterocycles. The van der Waals surface area contributed by atoms with Gasteiger partial charge in [-0.3, -0.25) is 9.59 Å². The number of alkyl halides is 3. The number of ether oxygens (including phenoxy) is 2. The van der Waals surface area contributed by atoms with Gasteiger partial charge in [0.25, 0.3) is 5.56 Å². The number of hydrogen-bond donors (Lipinski definition) is 1. The fourth-order valence-electron chi connectivity index (χ4n) is 6.47. The molecule has 3 heterocycles. The van der Waals surface area contributed by atoms with Crippen molar-refractivity contribution < 1.29 is 32.2 Å². The Labute approximate surface area is 278 Å². The van der Waals surface area contributed by atoms with E-state index in [0.29, 0.717) is 61.3 Å². The molecule has 0 saturated carbocycles. The van der Waals surface area contributed by atoms with Gasteiger partial charge in [-0.25, -0.2) is 4.79 Å². The van der Waals surface area contributed by atoms with Gasteiger partial charge in [-0.2, -0.15) is 22.7 Å². The number of benzene rings is 2. The third-order valence-corrected chi connectivity index (χ3v) is 9.13. The molecule has 1 aliphatic carbocycles. The van der Waals surface area contributed by atoms with Crippen molar-refractivity contribution in [2.24, 2.45) is 0 Å². The molecule has 254 valence electrons. The first-order chi connectivity index (χ1) is 22.6. The highest BCUT2D eigenvalue weighted by Crippen LogP contribution is 2.45. The molecule has 2 aliphatic rings. The first kappa shape index (κ1) is 33.3. The van der Waals surface area contributed by atoms with Gasteiger partial charge in [0.1, 0.15) is 17.9 Å². The van der Waals surface area contributed by atoms with Crippen LogP contribution in [0, 0.1) is 0 Å². The quantitative estimate of drug-likeness (QED) is 0.270. The maximum Gasteiger partial charge on any atom is 0.416 e. The zero-order chi connectivity index (χ0) is 34.6. The Balaban J connectivity index is 1.38. The van der Waals surface area contributed by atoms with Gasteiger partial charge in [0.15, 0.2) is 5.82 Å². The van der Waals surface area contributed by atoms with Crippen LogP contribution < -0.4 is 15.6 Å². The van der Waals surface area contributed by atoms with E-state index < -0.39 is 34.8 Å². The van der Waals surface area contributed by atoms with E-state index in [1.54, 1.807) is 61.6 Å². The molecule has 2 aromatic carbocycles. The van der Waals surface area contributed by atoms with E-state index in [1.807, 2.05) is 0 Å². The van der Waals surface area contributed by atoms with Crippen molar-refractivity contribution in [2.75, 3.05) is 25.5 Å². The zero-order valence-corrected chi connectivity index (χ0v) is 27.5. The average molecular weight is 687 g/mol. The number of rotatable bonds is 5. The first-order valence-corrected chi connectivity index (χ1v) is 15.8. The zero-order valence-electron chi connectivity index (χ0n) is 26.8. The fraction of sp³-hybridized carbons (Fsp3) is 0.424. The Kier molecular flexibility index (Phi) is 8.42. The van der Waals surface area contributed by atoms with Gasteiger partial charge < -0.3 is 24.3 Å². The average Bonchev–Trinajstić information content (AvgIpc) is 3.63. The number of nitrogens with one attached hydrogen (secondary N) is 1. The molecule has 0 radical (unpaired) electrons. The largest absolute Gasteiger partial charge is 0.497 e. The smallest absolute Gasteiger partial charge is 0.416 e. The van der Waals surface area contributed by atoms with Crippen LogP contribution in [0.3, 0.4) is 0 Å². The van der Waals surface area contributed by atoms with Crippen molar-refractivity contribution in [3.05, 3.63) is 74.7 Å². The van der Waals surface area contributed by atoms with Crippen molar-refractivity contribution >= 4 is 35.1 Å². The lowest BCUT2D eigenvalue weighted by Crippen LogP contribution is -2.47. The summed E-state index contributed by atoms with van der Waals surface area (Å²) < 4.78 is 53.2. The Morgan fingerprint density at radius 1 is 1.04 bits per heavy atom. The number of aromatic nitrogens is 4. The summed E-state index contributed by atoms with van der Waals surface area (Å²) in [4.78, 5) is 46.8. The van der Waals surface area contributed by atoms with E-state index in [-0.39, 0.29) is 34.4 Å². The summed E-state index contributed by atoms with van der Waals surface area (Å²) in [7, 11) is 1.54. The van der Waals surface area contributed by atoms with Crippen molar-refractivity contribution in [1.29, 1.82) is 0 Å². The Morgan fingerprint density at radius 3 is 2.33 bits per heavy atom. The van der Waals surface area contributed by atoms with Gasteiger partial charge >= 0.3 is 12.3 Å². The van der Waals surface area contributed by atoms with Crippen molar-refractivity contribution in [1.82, 2.24) is 24.1 Å². The SMILES string of the molecule is COc1ccc(-c2nc3n(CC(=O)Nc4ccc(C(F)(F)F)cc4Cl)c4c(c(=O)n3n2)C2(CC4)CCN(C(=O)OC(C)(C)C)CC2)cc1. The molecule has 1 spiro atoms. The van der Waals surface area contributed by atoms with Gasteiger partial charge in [0.05, 0.1) is 23.4 Å². The van der Waals surface area contributed by atoms with Gasteiger partial charge in [-0.15, -0.1) is 5.10 Å². The summed E-state index contributed by atoms with van der Waals surface area (Å²) in [5.74, 6) is 0.437. The van der Waals surface area contributed by atoms with Crippen LogP contribution in [0.15, 0.2) is 47.3 Å². The maximum absolute atomic E-state index is 14.2. The molecular formula is C33H34ClF3N6O5. The third-order valence-electron chi connectivity index (χ3n) is 8.82. The first-order valence-electron chi connectivity index (χ1n) is 15.4. The molecule has 15 heteroatoms. The van der Waals surface area contributed by atoms with Crippen LogP contribution in [0.1, 0.15) is 56.9 Å². The number of halogens is 4. The molecule has 0 unspecified atom stereocenters. The second-order valence-electron chi connectivity index (χ2n) is 13.1. The standard InChI is InChI=1S/C33H34ClF3N6O5/c1-31(2,3)48-30(46)41-15-13-32(14-16-41)12-11-24-26(32)28(45)43-29(39-27(40-43)19-5-8-21(47-4)9-6-19)42(24)18-25(44)38-23-10-7-20(17-22(23)34)33(35,36)37/h5-10,17H,11-16,18H2,1-4H3,(H,38,44). The lowest BCUT2D eigenvalue weighted by atomic mass is 9.74. The van der Waals surface area contributed by atoms with Crippen LogP contribution in [0.2, 0.25) is 5.02 Å². The Morgan fingerprint density at radius 2 is 1.73 bits per heavy atom. The van der Waals surface area contributed by atoms with Crippen LogP contribution in [-0.4, -0.2) is 61.9 Å². The van der Waals surface area contributed by atoms with E-state index in [1.165, 1.54) is 4.52 Å². The minimum Gasteiger partial charge on any atom is -0.497 e. The van der Waals surface area contributed by atoms with E-state index in [9.17, 15) is 27.6 Å². The summed E-state index contributed by atoms with van der Waals surface area (Å²) in [6.07, 6.45) is -2.91. The second-order valence-corrected chi connectivity index (χ2v) is 13.5. The minimum absolute atomic E-state index is 0.00903. The maximum atomic E-state index is 14.2. The number of carbonyl (C=O) groups is 2. The molecule has 2 aromatic heterocycles. The number of methoxy groups -OCH3 is 1. The third kappa shape index (κ3) is 6.32. The second kappa shape index (κ2) is 12.1. The molecule has 48 heavy (non-hydrogen) atoms. The number of nitrogens with zero attached hydrogens (tertiary/aromatic N) is 5. The summed E-state index contributed by atoms with van der Waals surface area (Å²) in [5.41, 5.74) is -0.736. The highest BCUT2D eigenvalue weighted by molar-refractivity contribution is 6.33. The van der Waals surface area contributed by atoms with Gasteiger partial charge in [-0.05, 0) is 88.9 Å². The van der Waals surface area contributed by atoms with E-state index >= 15 is 0 Å².